The highest BCUT2D eigenvalue weighted by molar-refractivity contribution is 5.26. The van der Waals surface area contributed by atoms with Gasteiger partial charge < -0.3 is 9.74 Å². The molecule has 0 aromatic heterocycles. The van der Waals surface area contributed by atoms with Gasteiger partial charge in [0.2, 0.25) is 0 Å². The van der Waals surface area contributed by atoms with Crippen LogP contribution in [0.3, 0.4) is 0 Å². The molecule has 0 radical (unpaired) electrons. The van der Waals surface area contributed by atoms with Gasteiger partial charge in [0, 0.05) is 6.54 Å². The van der Waals surface area contributed by atoms with E-state index in [9.17, 15) is 0 Å². The van der Waals surface area contributed by atoms with Crippen LogP contribution >= 0.6 is 0 Å². The van der Waals surface area contributed by atoms with E-state index in [1.807, 2.05) is 0 Å². The van der Waals surface area contributed by atoms with Crippen molar-refractivity contribution in [2.24, 2.45) is 5.90 Å². The summed E-state index contributed by atoms with van der Waals surface area (Å²) in [7, 11) is 2.19. The number of likely N-dealkylation sites (tertiary alicyclic amines) is 1. The molecule has 3 nitrogen and oxygen atoms in total. The molecular weight excluding hydrogens is 200 g/mol. The number of rotatable bonds is 4. The summed E-state index contributed by atoms with van der Waals surface area (Å²) in [6.45, 7) is 2.99. The third-order valence-corrected chi connectivity index (χ3v) is 3.35. The average molecular weight is 220 g/mol. The van der Waals surface area contributed by atoms with Gasteiger partial charge in [-0.15, -0.1) is 0 Å². The summed E-state index contributed by atoms with van der Waals surface area (Å²) in [6.07, 6.45) is 2.17. The van der Waals surface area contributed by atoms with Gasteiger partial charge in [-0.1, -0.05) is 24.3 Å². The SMILES string of the molecule is CN1CCC(c2ccc(CCON)cc2)C1. The largest absolute Gasteiger partial charge is 0.306 e. The second-order valence-electron chi connectivity index (χ2n) is 4.61. The van der Waals surface area contributed by atoms with E-state index in [-0.39, 0.29) is 0 Å². The maximum atomic E-state index is 5.02. The molecule has 0 bridgehead atoms. The predicted molar refractivity (Wildman–Crippen MR) is 65.1 cm³/mol. The summed E-state index contributed by atoms with van der Waals surface area (Å²) in [5, 5.41) is 0. The fourth-order valence-electron chi connectivity index (χ4n) is 2.34. The summed E-state index contributed by atoms with van der Waals surface area (Å²) in [5.41, 5.74) is 2.75. The molecule has 1 atom stereocenters. The van der Waals surface area contributed by atoms with Gasteiger partial charge in [-0.2, -0.15) is 0 Å². The lowest BCUT2D eigenvalue weighted by atomic mass is 9.97. The first-order valence-corrected chi connectivity index (χ1v) is 5.88. The smallest absolute Gasteiger partial charge is 0.0719 e. The topological polar surface area (TPSA) is 38.5 Å². The Labute approximate surface area is 97.1 Å². The second-order valence-corrected chi connectivity index (χ2v) is 4.61. The lowest BCUT2D eigenvalue weighted by molar-refractivity contribution is 0.141. The summed E-state index contributed by atoms with van der Waals surface area (Å²) in [5.74, 6) is 5.73. The van der Waals surface area contributed by atoms with E-state index in [4.69, 9.17) is 5.90 Å². The highest BCUT2D eigenvalue weighted by Gasteiger charge is 2.20. The minimum absolute atomic E-state index is 0.589. The van der Waals surface area contributed by atoms with E-state index >= 15 is 0 Å². The van der Waals surface area contributed by atoms with Crippen molar-refractivity contribution < 1.29 is 4.84 Å². The van der Waals surface area contributed by atoms with Gasteiger partial charge in [-0.3, -0.25) is 0 Å². The van der Waals surface area contributed by atoms with Crippen LogP contribution in [0.1, 0.15) is 23.5 Å². The molecule has 1 fully saturated rings. The van der Waals surface area contributed by atoms with Gasteiger partial charge in [-0.25, -0.2) is 5.90 Å². The van der Waals surface area contributed by atoms with E-state index in [1.165, 1.54) is 30.6 Å². The zero-order chi connectivity index (χ0) is 11.4. The molecule has 1 unspecified atom stereocenters. The predicted octanol–water partition coefficient (Wildman–Crippen LogP) is 1.54. The van der Waals surface area contributed by atoms with E-state index in [1.54, 1.807) is 0 Å². The van der Waals surface area contributed by atoms with Crippen LogP contribution in [0.2, 0.25) is 0 Å². The van der Waals surface area contributed by atoms with Crippen LogP contribution in [-0.4, -0.2) is 31.6 Å². The molecule has 1 saturated heterocycles. The standard InChI is InChI=1S/C13H20N2O/c1-15-8-6-13(10-15)12-4-2-11(3-5-12)7-9-16-14/h2-5,13H,6-10,14H2,1H3. The monoisotopic (exact) mass is 220 g/mol. The molecule has 1 aliphatic heterocycles. The van der Waals surface area contributed by atoms with Gasteiger partial charge in [0.05, 0.1) is 6.61 Å². The Morgan fingerprint density at radius 2 is 2.12 bits per heavy atom. The Kier molecular flexibility index (Phi) is 3.93. The molecule has 88 valence electrons. The molecule has 0 amide bonds. The summed E-state index contributed by atoms with van der Waals surface area (Å²) in [4.78, 5) is 6.97. The molecule has 1 aliphatic rings. The molecule has 1 aromatic rings. The van der Waals surface area contributed by atoms with Crippen molar-refractivity contribution in [1.29, 1.82) is 0 Å². The number of nitrogens with two attached hydrogens (primary N) is 1. The summed E-state index contributed by atoms with van der Waals surface area (Å²) >= 11 is 0. The number of likely N-dealkylation sites (N-methyl/N-ethyl adjacent to an activating group) is 1. The van der Waals surface area contributed by atoms with Crippen LogP contribution in [0.5, 0.6) is 0 Å². The van der Waals surface area contributed by atoms with Gasteiger partial charge in [0.1, 0.15) is 0 Å². The van der Waals surface area contributed by atoms with E-state index in [0.717, 1.165) is 6.42 Å². The average Bonchev–Trinajstić information content (AvgIpc) is 2.74. The molecular formula is C13H20N2O. The van der Waals surface area contributed by atoms with Gasteiger partial charge in [0.25, 0.3) is 0 Å². The number of benzene rings is 1. The first kappa shape index (κ1) is 11.6. The summed E-state index contributed by atoms with van der Waals surface area (Å²) in [6, 6.07) is 8.87. The first-order chi connectivity index (χ1) is 7.79. The Morgan fingerprint density at radius 3 is 2.69 bits per heavy atom. The van der Waals surface area contributed by atoms with Crippen molar-refractivity contribution in [1.82, 2.24) is 4.90 Å². The third-order valence-electron chi connectivity index (χ3n) is 3.35. The minimum Gasteiger partial charge on any atom is -0.306 e. The Morgan fingerprint density at radius 1 is 1.38 bits per heavy atom. The lowest BCUT2D eigenvalue weighted by Crippen LogP contribution is -2.13. The zero-order valence-corrected chi connectivity index (χ0v) is 9.86. The van der Waals surface area contributed by atoms with Crippen LogP contribution in [0, 0.1) is 0 Å². The fraction of sp³-hybridized carbons (Fsp3) is 0.538. The van der Waals surface area contributed by atoms with Gasteiger partial charge in [0.15, 0.2) is 0 Å². The highest BCUT2D eigenvalue weighted by atomic mass is 16.6. The Bertz CT molecular complexity index is 323. The fourth-order valence-corrected chi connectivity index (χ4v) is 2.34. The van der Waals surface area contributed by atoms with Crippen LogP contribution in [0.15, 0.2) is 24.3 Å². The third kappa shape index (κ3) is 2.82. The van der Waals surface area contributed by atoms with Crippen LogP contribution < -0.4 is 5.90 Å². The Hall–Kier alpha value is -0.900. The highest BCUT2D eigenvalue weighted by Crippen LogP contribution is 2.26. The summed E-state index contributed by atoms with van der Waals surface area (Å²) < 4.78 is 0. The van der Waals surface area contributed by atoms with E-state index in [2.05, 4.69) is 41.1 Å². The van der Waals surface area contributed by atoms with Crippen LogP contribution in [-0.2, 0) is 11.3 Å². The van der Waals surface area contributed by atoms with Crippen molar-refractivity contribution in [2.75, 3.05) is 26.7 Å². The minimum atomic E-state index is 0.589. The lowest BCUT2D eigenvalue weighted by Gasteiger charge is -2.11. The zero-order valence-electron chi connectivity index (χ0n) is 9.86. The number of hydrogen-bond donors (Lipinski definition) is 1. The molecule has 2 N–H and O–H groups in total. The molecule has 3 heteroatoms. The van der Waals surface area contributed by atoms with Gasteiger partial charge in [-0.05, 0) is 43.5 Å². The van der Waals surface area contributed by atoms with E-state index < -0.39 is 0 Å². The molecule has 1 aromatic carbocycles. The van der Waals surface area contributed by atoms with Crippen molar-refractivity contribution in [3.05, 3.63) is 35.4 Å². The Balaban J connectivity index is 1.96. The van der Waals surface area contributed by atoms with Crippen molar-refractivity contribution in [3.63, 3.8) is 0 Å². The maximum absolute atomic E-state index is 5.02. The number of nitrogens with zero attached hydrogens (tertiary/aromatic N) is 1. The van der Waals surface area contributed by atoms with Crippen LogP contribution in [0.25, 0.3) is 0 Å². The molecule has 0 spiro atoms. The van der Waals surface area contributed by atoms with Gasteiger partial charge >= 0.3 is 0 Å². The quantitative estimate of drug-likeness (QED) is 0.782. The molecule has 1 heterocycles. The molecule has 16 heavy (non-hydrogen) atoms. The van der Waals surface area contributed by atoms with Crippen molar-refractivity contribution >= 4 is 0 Å². The number of hydrogen-bond acceptors (Lipinski definition) is 3. The molecule has 0 saturated carbocycles. The van der Waals surface area contributed by atoms with Crippen LogP contribution in [0.4, 0.5) is 0 Å². The normalized spacial score (nSPS) is 21.5. The van der Waals surface area contributed by atoms with Crippen molar-refractivity contribution in [3.8, 4) is 0 Å². The maximum Gasteiger partial charge on any atom is 0.0719 e. The molecule has 0 aliphatic carbocycles. The second kappa shape index (κ2) is 5.43. The molecule has 2 rings (SSSR count). The van der Waals surface area contributed by atoms with E-state index in [0.29, 0.717) is 12.5 Å². The first-order valence-electron chi connectivity index (χ1n) is 5.88. The van der Waals surface area contributed by atoms with Crippen molar-refractivity contribution in [2.45, 2.75) is 18.8 Å².